The van der Waals surface area contributed by atoms with E-state index in [1.165, 1.54) is 6.08 Å². The molecule has 0 aliphatic rings. The normalized spacial score (nSPS) is 10.8. The molecule has 0 radical (unpaired) electrons. The van der Waals surface area contributed by atoms with Gasteiger partial charge in [0.15, 0.2) is 11.6 Å². The van der Waals surface area contributed by atoms with E-state index in [1.54, 1.807) is 24.3 Å². The number of benzene rings is 2. The minimum atomic E-state index is -1.18. The highest BCUT2D eigenvalue weighted by atomic mass is 19.2. The van der Waals surface area contributed by atoms with Crippen molar-refractivity contribution in [3.8, 4) is 0 Å². The molecule has 25 heavy (non-hydrogen) atoms. The minimum absolute atomic E-state index is 0.00351. The lowest BCUT2D eigenvalue weighted by Crippen LogP contribution is -2.44. The molecular weight excluding hydrogens is 330 g/mol. The van der Waals surface area contributed by atoms with Crippen LogP contribution in [0.4, 0.5) is 8.78 Å². The number of hydrogen-bond donors (Lipinski definition) is 0. The Hall–Kier alpha value is -3.22. The van der Waals surface area contributed by atoms with E-state index in [1.807, 2.05) is 6.07 Å². The third-order valence-corrected chi connectivity index (χ3v) is 3.65. The Morgan fingerprint density at radius 1 is 1.08 bits per heavy atom. The molecule has 0 aliphatic carbocycles. The molecule has 2 aromatic carbocycles. The summed E-state index contributed by atoms with van der Waals surface area (Å²) >= 11 is 0. The van der Waals surface area contributed by atoms with Crippen LogP contribution in [0.3, 0.4) is 0 Å². The van der Waals surface area contributed by atoms with Gasteiger partial charge in [-0.25, -0.2) is 13.6 Å². The molecule has 0 aliphatic heterocycles. The van der Waals surface area contributed by atoms with Crippen LogP contribution in [0.25, 0.3) is 10.9 Å². The topological polar surface area (TPSA) is 53.2 Å². The van der Waals surface area contributed by atoms with Gasteiger partial charge in [-0.05, 0) is 11.6 Å². The summed E-state index contributed by atoms with van der Waals surface area (Å²) < 4.78 is 29.0. The molecule has 0 spiro atoms. The second kappa shape index (κ2) is 6.72. The van der Waals surface area contributed by atoms with E-state index in [0.29, 0.717) is 4.73 Å². The predicted octanol–water partition coefficient (Wildman–Crippen LogP) is 2.10. The van der Waals surface area contributed by atoms with Crippen LogP contribution in [0.5, 0.6) is 0 Å². The van der Waals surface area contributed by atoms with E-state index >= 15 is 0 Å². The Morgan fingerprint density at radius 2 is 1.76 bits per heavy atom. The molecule has 0 bridgehead atoms. The lowest BCUT2D eigenvalue weighted by atomic mass is 10.2. The van der Waals surface area contributed by atoms with Crippen molar-refractivity contribution in [2.24, 2.45) is 0 Å². The van der Waals surface area contributed by atoms with Crippen LogP contribution in [0.15, 0.2) is 64.7 Å². The van der Waals surface area contributed by atoms with Crippen LogP contribution >= 0.6 is 0 Å². The first-order valence-electron chi connectivity index (χ1n) is 7.45. The maximum Gasteiger partial charge on any atom is 0.365 e. The number of rotatable bonds is 5. The zero-order chi connectivity index (χ0) is 18.0. The summed E-state index contributed by atoms with van der Waals surface area (Å²) in [4.78, 5) is 30.2. The lowest BCUT2D eigenvalue weighted by Gasteiger charge is -2.14. The second-order valence-electron chi connectivity index (χ2n) is 5.32. The van der Waals surface area contributed by atoms with Gasteiger partial charge in [-0.1, -0.05) is 47.7 Å². The van der Waals surface area contributed by atoms with Crippen molar-refractivity contribution in [2.45, 2.75) is 6.54 Å². The van der Waals surface area contributed by atoms with Crippen molar-refractivity contribution in [2.75, 3.05) is 6.61 Å². The highest BCUT2D eigenvalue weighted by Gasteiger charge is 2.17. The standard InChI is InChI=1S/C18H14F2N2O3/c1-2-8-25-22-17(23)13-9-14(19)15(20)10-16(13)21(18(22)24)11-12-6-4-3-5-7-12/h2-7,9-10H,1,8,11H2. The summed E-state index contributed by atoms with van der Waals surface area (Å²) in [5.41, 5.74) is -0.889. The van der Waals surface area contributed by atoms with Crippen LogP contribution in [0.1, 0.15) is 5.56 Å². The Bertz CT molecular complexity index is 1060. The van der Waals surface area contributed by atoms with Crippen molar-refractivity contribution >= 4 is 10.9 Å². The predicted molar refractivity (Wildman–Crippen MR) is 89.6 cm³/mol. The smallest absolute Gasteiger partial charge is 0.365 e. The van der Waals surface area contributed by atoms with Crippen LogP contribution in [0.2, 0.25) is 0 Å². The van der Waals surface area contributed by atoms with Crippen LogP contribution in [0, 0.1) is 11.6 Å². The van der Waals surface area contributed by atoms with Crippen LogP contribution < -0.4 is 16.1 Å². The molecule has 7 heteroatoms. The summed E-state index contributed by atoms with van der Waals surface area (Å²) in [5, 5.41) is -0.154. The van der Waals surface area contributed by atoms with Gasteiger partial charge in [0.05, 0.1) is 17.4 Å². The van der Waals surface area contributed by atoms with Gasteiger partial charge in [-0.15, -0.1) is 0 Å². The average Bonchev–Trinajstić information content (AvgIpc) is 2.61. The first-order valence-corrected chi connectivity index (χ1v) is 7.45. The number of nitrogens with zero attached hydrogens (tertiary/aromatic N) is 2. The zero-order valence-corrected chi connectivity index (χ0v) is 13.1. The number of fused-ring (bicyclic) bond motifs is 1. The summed E-state index contributed by atoms with van der Waals surface area (Å²) in [6, 6.07) is 10.5. The fourth-order valence-corrected chi connectivity index (χ4v) is 2.50. The number of halogens is 2. The number of hydrogen-bond acceptors (Lipinski definition) is 3. The van der Waals surface area contributed by atoms with Crippen LogP contribution in [-0.4, -0.2) is 15.9 Å². The molecule has 0 unspecified atom stereocenters. The van der Waals surface area contributed by atoms with Crippen molar-refractivity contribution in [3.63, 3.8) is 0 Å². The molecule has 3 aromatic rings. The minimum Gasteiger partial charge on any atom is -0.402 e. The van der Waals surface area contributed by atoms with Gasteiger partial charge >= 0.3 is 5.69 Å². The first kappa shape index (κ1) is 16.6. The van der Waals surface area contributed by atoms with Crippen LogP contribution in [-0.2, 0) is 6.54 Å². The summed E-state index contributed by atoms with van der Waals surface area (Å²) in [7, 11) is 0. The number of aromatic nitrogens is 2. The van der Waals surface area contributed by atoms with Crippen molar-refractivity contribution < 1.29 is 13.6 Å². The SMILES string of the molecule is C=CCOn1c(=O)c2cc(F)c(F)cc2n(Cc2ccccc2)c1=O. The Labute approximate surface area is 141 Å². The van der Waals surface area contributed by atoms with E-state index in [0.717, 1.165) is 22.3 Å². The lowest BCUT2D eigenvalue weighted by molar-refractivity contribution is 0.113. The van der Waals surface area contributed by atoms with Gasteiger partial charge < -0.3 is 4.84 Å². The third-order valence-electron chi connectivity index (χ3n) is 3.65. The van der Waals surface area contributed by atoms with Gasteiger partial charge in [-0.3, -0.25) is 9.36 Å². The maximum absolute atomic E-state index is 13.7. The maximum atomic E-state index is 13.7. The third kappa shape index (κ3) is 3.08. The summed E-state index contributed by atoms with van der Waals surface area (Å²) in [5.74, 6) is -2.32. The molecule has 0 fully saturated rings. The molecule has 1 aromatic heterocycles. The van der Waals surface area contributed by atoms with E-state index in [-0.39, 0.29) is 24.1 Å². The first-order chi connectivity index (χ1) is 12.0. The van der Waals surface area contributed by atoms with E-state index in [2.05, 4.69) is 6.58 Å². The van der Waals surface area contributed by atoms with Gasteiger partial charge in [0.2, 0.25) is 0 Å². The molecule has 0 amide bonds. The Morgan fingerprint density at radius 3 is 2.44 bits per heavy atom. The van der Waals surface area contributed by atoms with Crippen molar-refractivity contribution in [3.05, 3.63) is 93.2 Å². The molecule has 0 atom stereocenters. The van der Waals surface area contributed by atoms with E-state index in [9.17, 15) is 18.4 Å². The fraction of sp³-hybridized carbons (Fsp3) is 0.111. The summed E-state index contributed by atoms with van der Waals surface area (Å²) in [6.45, 7) is 3.44. The van der Waals surface area contributed by atoms with Crippen molar-refractivity contribution in [1.29, 1.82) is 0 Å². The average molecular weight is 344 g/mol. The molecule has 0 saturated carbocycles. The Kier molecular flexibility index (Phi) is 4.47. The fourth-order valence-electron chi connectivity index (χ4n) is 2.50. The van der Waals surface area contributed by atoms with E-state index in [4.69, 9.17) is 4.84 Å². The molecule has 5 nitrogen and oxygen atoms in total. The van der Waals surface area contributed by atoms with Gasteiger partial charge in [-0.2, -0.15) is 0 Å². The molecule has 1 heterocycles. The second-order valence-corrected chi connectivity index (χ2v) is 5.32. The highest BCUT2D eigenvalue weighted by Crippen LogP contribution is 2.15. The molecule has 128 valence electrons. The van der Waals surface area contributed by atoms with Gasteiger partial charge in [0.1, 0.15) is 6.61 Å². The van der Waals surface area contributed by atoms with Gasteiger partial charge in [0, 0.05) is 6.07 Å². The van der Waals surface area contributed by atoms with E-state index < -0.39 is 22.9 Å². The Balaban J connectivity index is 2.32. The monoisotopic (exact) mass is 344 g/mol. The quantitative estimate of drug-likeness (QED) is 0.666. The molecule has 0 saturated heterocycles. The largest absolute Gasteiger partial charge is 0.402 e. The molecular formula is C18H14F2N2O3. The molecule has 0 N–H and O–H groups in total. The molecule has 3 rings (SSSR count). The van der Waals surface area contributed by atoms with Crippen molar-refractivity contribution in [1.82, 2.24) is 9.30 Å². The highest BCUT2D eigenvalue weighted by molar-refractivity contribution is 5.78. The zero-order valence-electron chi connectivity index (χ0n) is 13.1. The van der Waals surface area contributed by atoms with Gasteiger partial charge in [0.25, 0.3) is 5.56 Å². The summed E-state index contributed by atoms with van der Waals surface area (Å²) in [6.07, 6.45) is 1.36.